The van der Waals surface area contributed by atoms with Gasteiger partial charge in [0, 0.05) is 33.3 Å². The van der Waals surface area contributed by atoms with Crippen LogP contribution in [0.3, 0.4) is 0 Å². The lowest BCUT2D eigenvalue weighted by atomic mass is 10.2. The number of carbonyl (C=O) groups excluding carboxylic acids is 1. The first kappa shape index (κ1) is 20.9. The van der Waals surface area contributed by atoms with Crippen molar-refractivity contribution in [2.75, 3.05) is 46.9 Å². The van der Waals surface area contributed by atoms with Gasteiger partial charge in [0.15, 0.2) is 17.5 Å². The molecule has 0 bridgehead atoms. The van der Waals surface area contributed by atoms with Gasteiger partial charge in [-0.25, -0.2) is 13.8 Å². The summed E-state index contributed by atoms with van der Waals surface area (Å²) < 4.78 is 37.3. The minimum Gasteiger partial charge on any atom is -0.489 e. The van der Waals surface area contributed by atoms with Crippen LogP contribution in [0.4, 0.5) is 8.78 Å². The van der Waals surface area contributed by atoms with E-state index in [1.807, 2.05) is 0 Å². The van der Waals surface area contributed by atoms with E-state index in [1.54, 1.807) is 14.1 Å². The van der Waals surface area contributed by atoms with Crippen LogP contribution in [-0.4, -0.2) is 69.8 Å². The Labute approximate surface area is 157 Å². The summed E-state index contributed by atoms with van der Waals surface area (Å²) in [6.45, 7) is 1.80. The summed E-state index contributed by atoms with van der Waals surface area (Å²) in [7, 11) is 3.33. The number of benzene rings is 1. The number of carbonyl (C=O) groups is 1. The number of halogens is 2. The number of nitrogens with one attached hydrogen (secondary N) is 2. The van der Waals surface area contributed by atoms with Crippen molar-refractivity contribution in [3.8, 4) is 5.75 Å². The van der Waals surface area contributed by atoms with Crippen molar-refractivity contribution >= 4 is 11.9 Å². The molecule has 2 rings (SSSR count). The second-order valence-corrected chi connectivity index (χ2v) is 6.32. The molecule has 1 aromatic carbocycles. The van der Waals surface area contributed by atoms with E-state index in [9.17, 15) is 13.6 Å². The highest BCUT2D eigenvalue weighted by Crippen LogP contribution is 2.17. The summed E-state index contributed by atoms with van der Waals surface area (Å²) in [5.74, 6) is -1.11. The zero-order chi connectivity index (χ0) is 19.6. The molecular formula is C18H26F2N4O3. The van der Waals surface area contributed by atoms with Crippen LogP contribution in [0, 0.1) is 11.6 Å². The molecule has 150 valence electrons. The largest absolute Gasteiger partial charge is 0.489 e. The third kappa shape index (κ3) is 7.38. The van der Waals surface area contributed by atoms with E-state index in [0.717, 1.165) is 31.6 Å². The Balaban J connectivity index is 1.82. The summed E-state index contributed by atoms with van der Waals surface area (Å²) in [6, 6.07) is 3.14. The highest BCUT2D eigenvalue weighted by atomic mass is 19.1. The van der Waals surface area contributed by atoms with Crippen LogP contribution >= 0.6 is 0 Å². The van der Waals surface area contributed by atoms with E-state index < -0.39 is 11.6 Å². The maximum Gasteiger partial charge on any atom is 0.243 e. The van der Waals surface area contributed by atoms with E-state index in [0.29, 0.717) is 19.0 Å². The fourth-order valence-corrected chi connectivity index (χ4v) is 2.40. The number of ether oxygens (including phenoxy) is 2. The number of nitrogens with zero attached hydrogens (tertiary/aromatic N) is 2. The molecule has 1 aliphatic heterocycles. The first-order valence-electron chi connectivity index (χ1n) is 8.87. The predicted molar refractivity (Wildman–Crippen MR) is 97.8 cm³/mol. The van der Waals surface area contributed by atoms with Gasteiger partial charge in [0.05, 0.1) is 12.6 Å². The van der Waals surface area contributed by atoms with Crippen molar-refractivity contribution in [2.45, 2.75) is 18.9 Å². The van der Waals surface area contributed by atoms with Crippen LogP contribution in [-0.2, 0) is 9.53 Å². The second-order valence-electron chi connectivity index (χ2n) is 6.32. The number of guanidine groups is 1. The number of rotatable bonds is 8. The molecule has 1 atom stereocenters. The lowest BCUT2D eigenvalue weighted by Crippen LogP contribution is -2.43. The highest BCUT2D eigenvalue weighted by molar-refractivity contribution is 5.84. The van der Waals surface area contributed by atoms with Crippen molar-refractivity contribution in [1.82, 2.24) is 15.5 Å². The number of likely N-dealkylation sites (N-methyl/N-ethyl adjacent to an activating group) is 1. The van der Waals surface area contributed by atoms with Crippen molar-refractivity contribution in [3.05, 3.63) is 29.8 Å². The minimum absolute atomic E-state index is 0.00129. The first-order chi connectivity index (χ1) is 13.0. The summed E-state index contributed by atoms with van der Waals surface area (Å²) in [5, 5.41) is 6.17. The molecule has 0 radical (unpaired) electrons. The van der Waals surface area contributed by atoms with Gasteiger partial charge in [0.2, 0.25) is 5.91 Å². The maximum absolute atomic E-state index is 13.5. The fraction of sp³-hybridized carbons (Fsp3) is 0.556. The van der Waals surface area contributed by atoms with E-state index in [1.165, 1.54) is 11.0 Å². The van der Waals surface area contributed by atoms with E-state index >= 15 is 0 Å². The topological polar surface area (TPSA) is 75.2 Å². The molecule has 1 unspecified atom stereocenters. The monoisotopic (exact) mass is 384 g/mol. The SMILES string of the molecule is CN(C)C(=O)CN=C(NCCOc1ccc(F)cc1F)NCC1CCCO1. The number of hydrogen-bond donors (Lipinski definition) is 2. The van der Waals surface area contributed by atoms with Crippen LogP contribution in [0.15, 0.2) is 23.2 Å². The molecule has 1 aromatic rings. The number of aliphatic imine (C=N–C) groups is 1. The van der Waals surface area contributed by atoms with Gasteiger partial charge in [-0.1, -0.05) is 0 Å². The van der Waals surface area contributed by atoms with Gasteiger partial charge in [-0.2, -0.15) is 0 Å². The molecule has 1 amide bonds. The maximum atomic E-state index is 13.5. The van der Waals surface area contributed by atoms with Crippen molar-refractivity contribution < 1.29 is 23.0 Å². The van der Waals surface area contributed by atoms with Gasteiger partial charge in [-0.15, -0.1) is 0 Å². The van der Waals surface area contributed by atoms with Crippen molar-refractivity contribution in [1.29, 1.82) is 0 Å². The van der Waals surface area contributed by atoms with E-state index in [2.05, 4.69) is 15.6 Å². The van der Waals surface area contributed by atoms with E-state index in [-0.39, 0.29) is 30.9 Å². The Hall–Kier alpha value is -2.42. The molecule has 0 saturated carbocycles. The van der Waals surface area contributed by atoms with Crippen LogP contribution in [0.25, 0.3) is 0 Å². The lowest BCUT2D eigenvalue weighted by molar-refractivity contribution is -0.127. The average Bonchev–Trinajstić information content (AvgIpc) is 3.14. The summed E-state index contributed by atoms with van der Waals surface area (Å²) in [5.41, 5.74) is 0. The Morgan fingerprint density at radius 2 is 2.19 bits per heavy atom. The molecule has 2 N–H and O–H groups in total. The third-order valence-corrected chi connectivity index (χ3v) is 3.94. The van der Waals surface area contributed by atoms with Crippen molar-refractivity contribution in [3.63, 3.8) is 0 Å². The van der Waals surface area contributed by atoms with Crippen LogP contribution in [0.1, 0.15) is 12.8 Å². The molecule has 1 fully saturated rings. The average molecular weight is 384 g/mol. The molecule has 1 aliphatic rings. The molecule has 0 aromatic heterocycles. The smallest absolute Gasteiger partial charge is 0.243 e. The molecule has 0 aliphatic carbocycles. The summed E-state index contributed by atoms with van der Waals surface area (Å²) >= 11 is 0. The second kappa shape index (κ2) is 10.7. The lowest BCUT2D eigenvalue weighted by Gasteiger charge is -2.16. The summed E-state index contributed by atoms with van der Waals surface area (Å²) in [4.78, 5) is 17.4. The Morgan fingerprint density at radius 3 is 2.85 bits per heavy atom. The zero-order valence-electron chi connectivity index (χ0n) is 15.6. The van der Waals surface area contributed by atoms with Gasteiger partial charge >= 0.3 is 0 Å². The van der Waals surface area contributed by atoms with Crippen LogP contribution in [0.2, 0.25) is 0 Å². The fourth-order valence-electron chi connectivity index (χ4n) is 2.40. The van der Waals surface area contributed by atoms with Gasteiger partial charge < -0.3 is 25.0 Å². The molecule has 9 heteroatoms. The molecule has 1 saturated heterocycles. The first-order valence-corrected chi connectivity index (χ1v) is 8.87. The van der Waals surface area contributed by atoms with Gasteiger partial charge in [-0.05, 0) is 25.0 Å². The molecule has 7 nitrogen and oxygen atoms in total. The minimum atomic E-state index is -0.753. The normalized spacial score (nSPS) is 16.9. The third-order valence-electron chi connectivity index (χ3n) is 3.94. The molecular weight excluding hydrogens is 358 g/mol. The summed E-state index contributed by atoms with van der Waals surface area (Å²) in [6.07, 6.45) is 2.12. The predicted octanol–water partition coefficient (Wildman–Crippen LogP) is 1.15. The zero-order valence-corrected chi connectivity index (χ0v) is 15.6. The quantitative estimate of drug-likeness (QED) is 0.400. The number of amides is 1. The van der Waals surface area contributed by atoms with Crippen molar-refractivity contribution in [2.24, 2.45) is 4.99 Å². The van der Waals surface area contributed by atoms with Gasteiger partial charge in [0.1, 0.15) is 19.0 Å². The molecule has 0 spiro atoms. The highest BCUT2D eigenvalue weighted by Gasteiger charge is 2.16. The van der Waals surface area contributed by atoms with Gasteiger partial charge in [-0.3, -0.25) is 4.79 Å². The standard InChI is InChI=1S/C18H26F2N4O3/c1-24(2)17(25)12-23-18(22-11-14-4-3-8-26-14)21-7-9-27-16-6-5-13(19)10-15(16)20/h5-6,10,14H,3-4,7-9,11-12H2,1-2H3,(H2,21,22,23). The van der Waals surface area contributed by atoms with Gasteiger partial charge in [0.25, 0.3) is 0 Å². The Morgan fingerprint density at radius 1 is 1.37 bits per heavy atom. The van der Waals surface area contributed by atoms with Crippen LogP contribution in [0.5, 0.6) is 5.75 Å². The number of hydrogen-bond acceptors (Lipinski definition) is 4. The Bertz CT molecular complexity index is 649. The Kier molecular flexibility index (Phi) is 8.25. The molecule has 27 heavy (non-hydrogen) atoms. The molecule has 1 heterocycles. The van der Waals surface area contributed by atoms with Crippen LogP contribution < -0.4 is 15.4 Å². The van der Waals surface area contributed by atoms with E-state index in [4.69, 9.17) is 9.47 Å².